The van der Waals surface area contributed by atoms with Gasteiger partial charge in [0.1, 0.15) is 5.75 Å². The van der Waals surface area contributed by atoms with Crippen LogP contribution in [0.4, 0.5) is 0 Å². The Kier molecular flexibility index (Phi) is 4.53. The summed E-state index contributed by atoms with van der Waals surface area (Å²) in [7, 11) is 2.01. The Bertz CT molecular complexity index is 858. The van der Waals surface area contributed by atoms with Gasteiger partial charge < -0.3 is 15.4 Å². The zero-order chi connectivity index (χ0) is 16.6. The summed E-state index contributed by atoms with van der Waals surface area (Å²) in [6.45, 7) is 0.528. The summed E-state index contributed by atoms with van der Waals surface area (Å²) in [6, 6.07) is 11.2. The minimum atomic E-state index is 0.0968. The molecule has 0 saturated carbocycles. The summed E-state index contributed by atoms with van der Waals surface area (Å²) in [6.07, 6.45) is 2.87. The Morgan fingerprint density at radius 2 is 1.96 bits per heavy atom. The van der Waals surface area contributed by atoms with Crippen molar-refractivity contribution in [3.05, 3.63) is 63.8 Å². The van der Waals surface area contributed by atoms with Crippen LogP contribution in [0.3, 0.4) is 0 Å². The molecule has 0 aliphatic heterocycles. The van der Waals surface area contributed by atoms with Crippen molar-refractivity contribution in [3.63, 3.8) is 0 Å². The molecule has 1 atom stereocenters. The Balaban J connectivity index is 1.99. The van der Waals surface area contributed by atoms with E-state index in [-0.39, 0.29) is 11.7 Å². The van der Waals surface area contributed by atoms with E-state index in [1.165, 1.54) is 5.56 Å². The molecule has 2 aromatic carbocycles. The fourth-order valence-electron chi connectivity index (χ4n) is 3.00. The van der Waals surface area contributed by atoms with Crippen LogP contribution in [0, 0.1) is 0 Å². The molecule has 3 N–H and O–H groups in total. The average Bonchev–Trinajstić information content (AvgIpc) is 2.85. The average molecular weight is 349 g/mol. The highest BCUT2D eigenvalue weighted by Gasteiger charge is 2.17. The molecule has 5 heteroatoms. The van der Waals surface area contributed by atoms with Crippen LogP contribution in [-0.2, 0) is 13.5 Å². The Labute approximate surface area is 145 Å². The zero-order valence-corrected chi connectivity index (χ0v) is 14.3. The molecule has 0 fully saturated rings. The topological polar surface area (TPSA) is 51.2 Å². The predicted molar refractivity (Wildman–Crippen MR) is 96.5 cm³/mol. The van der Waals surface area contributed by atoms with Crippen LogP contribution in [0.25, 0.3) is 10.9 Å². The quantitative estimate of drug-likeness (QED) is 0.730. The molecule has 0 saturated heterocycles. The van der Waals surface area contributed by atoms with Gasteiger partial charge in [-0.3, -0.25) is 0 Å². The van der Waals surface area contributed by atoms with Gasteiger partial charge >= 0.3 is 0 Å². The van der Waals surface area contributed by atoms with Crippen molar-refractivity contribution in [1.29, 1.82) is 0 Å². The molecule has 3 aromatic rings. The van der Waals surface area contributed by atoms with Gasteiger partial charge in [-0.05, 0) is 48.4 Å². The van der Waals surface area contributed by atoms with Gasteiger partial charge in [0, 0.05) is 35.1 Å². The van der Waals surface area contributed by atoms with Gasteiger partial charge in [-0.15, -0.1) is 0 Å². The fourth-order valence-corrected chi connectivity index (χ4v) is 3.37. The van der Waals surface area contributed by atoms with Crippen LogP contribution < -0.4 is 5.73 Å². The lowest BCUT2D eigenvalue weighted by Gasteiger charge is -2.15. The van der Waals surface area contributed by atoms with Crippen LogP contribution in [0.1, 0.15) is 17.0 Å². The third-order valence-corrected chi connectivity index (χ3v) is 4.74. The first-order valence-corrected chi connectivity index (χ1v) is 8.17. The van der Waals surface area contributed by atoms with Gasteiger partial charge in [-0.2, -0.15) is 0 Å². The van der Waals surface area contributed by atoms with Crippen molar-refractivity contribution < 1.29 is 5.11 Å². The molecule has 0 aliphatic rings. The number of hydrogen-bond donors (Lipinski definition) is 2. The summed E-state index contributed by atoms with van der Waals surface area (Å²) in [5, 5.41) is 11.8. The van der Waals surface area contributed by atoms with Crippen molar-refractivity contribution in [2.75, 3.05) is 6.54 Å². The number of phenolic OH excluding ortho intramolecular Hbond substituents is 1. The molecule has 3 nitrogen and oxygen atoms in total. The first-order chi connectivity index (χ1) is 11.0. The second kappa shape index (κ2) is 6.44. The van der Waals surface area contributed by atoms with E-state index in [9.17, 15) is 5.11 Å². The third-order valence-electron chi connectivity index (χ3n) is 4.20. The number of aromatic nitrogens is 1. The lowest BCUT2D eigenvalue weighted by molar-refractivity contribution is 0.475. The second-order valence-corrected chi connectivity index (χ2v) is 6.62. The first kappa shape index (κ1) is 16.2. The van der Waals surface area contributed by atoms with Gasteiger partial charge in [0.15, 0.2) is 0 Å². The van der Waals surface area contributed by atoms with Crippen LogP contribution in [-0.4, -0.2) is 16.2 Å². The minimum Gasteiger partial charge on any atom is -0.506 e. The van der Waals surface area contributed by atoms with Crippen molar-refractivity contribution >= 4 is 34.1 Å². The number of aromatic hydroxyl groups is 1. The summed E-state index contributed by atoms with van der Waals surface area (Å²) in [5.41, 5.74) is 9.38. The highest BCUT2D eigenvalue weighted by atomic mass is 35.5. The monoisotopic (exact) mass is 348 g/mol. The van der Waals surface area contributed by atoms with Crippen LogP contribution in [0.5, 0.6) is 5.75 Å². The van der Waals surface area contributed by atoms with E-state index in [1.807, 2.05) is 31.3 Å². The maximum Gasteiger partial charge on any atom is 0.134 e. The summed E-state index contributed by atoms with van der Waals surface area (Å²) in [4.78, 5) is 0. The van der Waals surface area contributed by atoms with Gasteiger partial charge in [0.2, 0.25) is 0 Å². The summed E-state index contributed by atoms with van der Waals surface area (Å²) in [5.74, 6) is 0.264. The number of benzene rings is 2. The molecule has 0 aliphatic carbocycles. The second-order valence-electron chi connectivity index (χ2n) is 5.78. The molecule has 0 amide bonds. The standard InChI is InChI=1S/C18H18Cl2N2O/c1-22-10-15(14-4-3-13(19)8-17(14)22)12(9-21)6-11-2-5-18(23)16(20)7-11/h2-5,7-8,10,12,23H,6,9,21H2,1H3. The highest BCUT2D eigenvalue weighted by Crippen LogP contribution is 2.32. The molecule has 120 valence electrons. The van der Waals surface area contributed by atoms with E-state index in [4.69, 9.17) is 28.9 Å². The van der Waals surface area contributed by atoms with Gasteiger partial charge in [-0.1, -0.05) is 35.3 Å². The van der Waals surface area contributed by atoms with Crippen molar-refractivity contribution in [2.24, 2.45) is 12.8 Å². The molecule has 1 aromatic heterocycles. The zero-order valence-electron chi connectivity index (χ0n) is 12.8. The van der Waals surface area contributed by atoms with Crippen molar-refractivity contribution in [2.45, 2.75) is 12.3 Å². The molecular weight excluding hydrogens is 331 g/mol. The van der Waals surface area contributed by atoms with E-state index < -0.39 is 0 Å². The number of nitrogens with zero attached hydrogens (tertiary/aromatic N) is 1. The molecule has 1 unspecified atom stereocenters. The lowest BCUT2D eigenvalue weighted by atomic mass is 9.92. The lowest BCUT2D eigenvalue weighted by Crippen LogP contribution is -2.14. The molecule has 0 radical (unpaired) electrons. The maximum atomic E-state index is 9.55. The van der Waals surface area contributed by atoms with Crippen LogP contribution in [0.15, 0.2) is 42.6 Å². The maximum absolute atomic E-state index is 9.55. The van der Waals surface area contributed by atoms with E-state index in [0.29, 0.717) is 11.6 Å². The van der Waals surface area contributed by atoms with Gasteiger partial charge in [-0.25, -0.2) is 0 Å². The first-order valence-electron chi connectivity index (χ1n) is 7.41. The number of nitrogens with two attached hydrogens (primary N) is 1. The number of fused-ring (bicyclic) bond motifs is 1. The van der Waals surface area contributed by atoms with Crippen molar-refractivity contribution in [3.8, 4) is 5.75 Å². The number of phenols is 1. The summed E-state index contributed by atoms with van der Waals surface area (Å²) >= 11 is 12.1. The smallest absolute Gasteiger partial charge is 0.134 e. The molecule has 1 heterocycles. The molecular formula is C18H18Cl2N2O. The highest BCUT2D eigenvalue weighted by molar-refractivity contribution is 6.32. The Hall–Kier alpha value is -1.68. The normalized spacial score (nSPS) is 12.7. The summed E-state index contributed by atoms with van der Waals surface area (Å²) < 4.78 is 2.07. The Morgan fingerprint density at radius 3 is 2.65 bits per heavy atom. The molecule has 3 rings (SSSR count). The fraction of sp³-hybridized carbons (Fsp3) is 0.222. The predicted octanol–water partition coefficient (Wildman–Crippen LogP) is 4.48. The van der Waals surface area contributed by atoms with E-state index in [0.717, 1.165) is 27.9 Å². The molecule has 0 bridgehead atoms. The number of rotatable bonds is 4. The van der Waals surface area contributed by atoms with Crippen LogP contribution in [0.2, 0.25) is 10.0 Å². The third kappa shape index (κ3) is 3.18. The molecule has 23 heavy (non-hydrogen) atoms. The van der Waals surface area contributed by atoms with Crippen molar-refractivity contribution in [1.82, 2.24) is 4.57 Å². The number of halogens is 2. The van der Waals surface area contributed by atoms with E-state index in [2.05, 4.69) is 10.8 Å². The minimum absolute atomic E-state index is 0.0968. The van der Waals surface area contributed by atoms with E-state index in [1.54, 1.807) is 12.1 Å². The van der Waals surface area contributed by atoms with Gasteiger partial charge in [0.05, 0.1) is 5.02 Å². The number of aryl methyl sites for hydroxylation is 1. The Morgan fingerprint density at radius 1 is 1.17 bits per heavy atom. The van der Waals surface area contributed by atoms with Gasteiger partial charge in [0.25, 0.3) is 0 Å². The number of hydrogen-bond acceptors (Lipinski definition) is 2. The SMILES string of the molecule is Cn1cc(C(CN)Cc2ccc(O)c(Cl)c2)c2ccc(Cl)cc21. The largest absolute Gasteiger partial charge is 0.506 e. The molecule has 0 spiro atoms. The van der Waals surface area contributed by atoms with Crippen LogP contribution >= 0.6 is 23.2 Å². The van der Waals surface area contributed by atoms with E-state index >= 15 is 0 Å².